The Hall–Kier alpha value is -1.36. The smallest absolute Gasteiger partial charge is 0.261 e. The molecule has 0 saturated carbocycles. The molecule has 0 spiro atoms. The summed E-state index contributed by atoms with van der Waals surface area (Å²) in [5.74, 6) is 0.330. The number of thiophene rings is 1. The van der Waals surface area contributed by atoms with Crippen molar-refractivity contribution in [1.82, 2.24) is 5.32 Å². The Bertz CT molecular complexity index is 668. The van der Waals surface area contributed by atoms with Crippen molar-refractivity contribution < 1.29 is 4.79 Å². The molecule has 3 N–H and O–H groups in total. The fourth-order valence-corrected chi connectivity index (χ4v) is 3.81. The summed E-state index contributed by atoms with van der Waals surface area (Å²) in [6, 6.07) is 10.5. The number of rotatable bonds is 4. The van der Waals surface area contributed by atoms with Crippen LogP contribution < -0.4 is 11.1 Å². The van der Waals surface area contributed by atoms with Crippen LogP contribution in [0.2, 0.25) is 0 Å². The first kappa shape index (κ1) is 17.0. The van der Waals surface area contributed by atoms with Gasteiger partial charge < -0.3 is 11.1 Å². The first-order valence-corrected chi connectivity index (χ1v) is 8.20. The second kappa shape index (κ2) is 7.27. The molecule has 1 atom stereocenters. The number of aryl methyl sites for hydroxylation is 2. The number of fused-ring (bicyclic) bond motifs is 3. The molecule has 22 heavy (non-hydrogen) atoms. The van der Waals surface area contributed by atoms with Crippen molar-refractivity contribution in [2.75, 3.05) is 13.1 Å². The standard InChI is InChI=1S/C17H20N2OS.ClH/c1-11(9-18)10-19-17(20)15-8-13-7-6-12-4-2-3-5-14(12)16(13)21-15;/h2-5,8,11H,6-7,9-10,18H2,1H3,(H,19,20);1H. The maximum Gasteiger partial charge on any atom is 0.261 e. The lowest BCUT2D eigenvalue weighted by molar-refractivity contribution is 0.0952. The van der Waals surface area contributed by atoms with Gasteiger partial charge in [0, 0.05) is 11.4 Å². The Morgan fingerprint density at radius 1 is 1.32 bits per heavy atom. The predicted molar refractivity (Wildman–Crippen MR) is 95.0 cm³/mol. The minimum absolute atomic E-state index is 0. The van der Waals surface area contributed by atoms with Crippen LogP contribution in [0.4, 0.5) is 0 Å². The largest absolute Gasteiger partial charge is 0.351 e. The highest BCUT2D eigenvalue weighted by Crippen LogP contribution is 2.39. The van der Waals surface area contributed by atoms with Gasteiger partial charge in [-0.2, -0.15) is 0 Å². The molecule has 0 fully saturated rings. The molecule has 0 radical (unpaired) electrons. The van der Waals surface area contributed by atoms with Gasteiger partial charge in [-0.1, -0.05) is 31.2 Å². The molecule has 1 aromatic heterocycles. The maximum absolute atomic E-state index is 12.3. The summed E-state index contributed by atoms with van der Waals surface area (Å²) >= 11 is 1.60. The van der Waals surface area contributed by atoms with Gasteiger partial charge in [0.05, 0.1) is 4.88 Å². The summed E-state index contributed by atoms with van der Waals surface area (Å²) < 4.78 is 0. The fourth-order valence-electron chi connectivity index (χ4n) is 2.62. The highest BCUT2D eigenvalue weighted by molar-refractivity contribution is 7.17. The van der Waals surface area contributed by atoms with Gasteiger partial charge in [-0.25, -0.2) is 0 Å². The van der Waals surface area contributed by atoms with Crippen LogP contribution in [0.5, 0.6) is 0 Å². The Labute approximate surface area is 141 Å². The quantitative estimate of drug-likeness (QED) is 0.900. The molecule has 1 heterocycles. The number of carbonyl (C=O) groups excluding carboxylic acids is 1. The number of hydrogen-bond donors (Lipinski definition) is 2. The molecular formula is C17H21ClN2OS. The van der Waals surface area contributed by atoms with Crippen LogP contribution in [-0.2, 0) is 12.8 Å². The lowest BCUT2D eigenvalue weighted by Crippen LogP contribution is -2.30. The highest BCUT2D eigenvalue weighted by Gasteiger charge is 2.21. The predicted octanol–water partition coefficient (Wildman–Crippen LogP) is 3.26. The molecule has 118 valence electrons. The van der Waals surface area contributed by atoms with Gasteiger partial charge >= 0.3 is 0 Å². The molecule has 1 unspecified atom stereocenters. The van der Waals surface area contributed by atoms with Crippen LogP contribution in [0.1, 0.15) is 27.7 Å². The van der Waals surface area contributed by atoms with E-state index in [0.29, 0.717) is 19.0 Å². The minimum atomic E-state index is 0. The van der Waals surface area contributed by atoms with E-state index in [1.54, 1.807) is 11.3 Å². The third-order valence-corrected chi connectivity index (χ3v) is 5.18. The minimum Gasteiger partial charge on any atom is -0.351 e. The number of amides is 1. The van der Waals surface area contributed by atoms with E-state index in [2.05, 4.69) is 35.6 Å². The first-order chi connectivity index (χ1) is 10.2. The van der Waals surface area contributed by atoms with Gasteiger partial charge in [-0.3, -0.25) is 4.79 Å². The van der Waals surface area contributed by atoms with Gasteiger partial charge in [0.2, 0.25) is 0 Å². The summed E-state index contributed by atoms with van der Waals surface area (Å²) in [7, 11) is 0. The first-order valence-electron chi connectivity index (χ1n) is 7.38. The Kier molecular flexibility index (Phi) is 5.62. The van der Waals surface area contributed by atoms with Crippen molar-refractivity contribution in [2.45, 2.75) is 19.8 Å². The summed E-state index contributed by atoms with van der Waals surface area (Å²) in [6.07, 6.45) is 2.08. The van der Waals surface area contributed by atoms with E-state index in [0.717, 1.165) is 17.7 Å². The van der Waals surface area contributed by atoms with Gasteiger partial charge in [-0.05, 0) is 48.1 Å². The molecule has 1 aromatic carbocycles. The van der Waals surface area contributed by atoms with Crippen LogP contribution in [0.25, 0.3) is 10.4 Å². The number of carbonyl (C=O) groups is 1. The van der Waals surface area contributed by atoms with E-state index in [-0.39, 0.29) is 18.3 Å². The Morgan fingerprint density at radius 3 is 2.82 bits per heavy atom. The zero-order valence-corrected chi connectivity index (χ0v) is 14.2. The maximum atomic E-state index is 12.3. The third-order valence-electron chi connectivity index (χ3n) is 3.97. The van der Waals surface area contributed by atoms with E-state index >= 15 is 0 Å². The summed E-state index contributed by atoms with van der Waals surface area (Å²) in [5.41, 5.74) is 9.56. The summed E-state index contributed by atoms with van der Waals surface area (Å²) in [5, 5.41) is 2.97. The van der Waals surface area contributed by atoms with E-state index in [9.17, 15) is 4.79 Å². The SMILES string of the molecule is CC(CN)CNC(=O)c1cc2c(s1)-c1ccccc1CC2.Cl. The normalized spacial score (nSPS) is 13.5. The molecule has 1 amide bonds. The van der Waals surface area contributed by atoms with Gasteiger partial charge in [0.1, 0.15) is 0 Å². The van der Waals surface area contributed by atoms with E-state index < -0.39 is 0 Å². The van der Waals surface area contributed by atoms with Gasteiger partial charge in [-0.15, -0.1) is 23.7 Å². The number of nitrogens with one attached hydrogen (secondary N) is 1. The topological polar surface area (TPSA) is 55.1 Å². The van der Waals surface area contributed by atoms with Crippen molar-refractivity contribution in [2.24, 2.45) is 11.7 Å². The third kappa shape index (κ3) is 3.35. The van der Waals surface area contributed by atoms with Crippen molar-refractivity contribution in [3.63, 3.8) is 0 Å². The average molecular weight is 337 g/mol. The van der Waals surface area contributed by atoms with Crippen LogP contribution in [0, 0.1) is 5.92 Å². The second-order valence-corrected chi connectivity index (χ2v) is 6.73. The van der Waals surface area contributed by atoms with Crippen LogP contribution in [0.3, 0.4) is 0 Å². The van der Waals surface area contributed by atoms with Crippen LogP contribution in [0.15, 0.2) is 30.3 Å². The van der Waals surface area contributed by atoms with Crippen molar-refractivity contribution in [1.29, 1.82) is 0 Å². The lowest BCUT2D eigenvalue weighted by atomic mass is 9.91. The van der Waals surface area contributed by atoms with E-state index in [1.165, 1.54) is 21.6 Å². The summed E-state index contributed by atoms with van der Waals surface area (Å²) in [4.78, 5) is 14.3. The molecule has 2 aromatic rings. The number of hydrogen-bond acceptors (Lipinski definition) is 3. The number of nitrogens with two attached hydrogens (primary N) is 1. The van der Waals surface area contributed by atoms with Crippen LogP contribution >= 0.6 is 23.7 Å². The molecule has 0 saturated heterocycles. The second-order valence-electron chi connectivity index (χ2n) is 5.67. The van der Waals surface area contributed by atoms with Crippen LogP contribution in [-0.4, -0.2) is 19.0 Å². The van der Waals surface area contributed by atoms with Crippen molar-refractivity contribution >= 4 is 29.7 Å². The molecular weight excluding hydrogens is 316 g/mol. The fraction of sp³-hybridized carbons (Fsp3) is 0.353. The lowest BCUT2D eigenvalue weighted by Gasteiger charge is -2.15. The zero-order chi connectivity index (χ0) is 14.8. The molecule has 0 aliphatic heterocycles. The zero-order valence-electron chi connectivity index (χ0n) is 12.6. The monoisotopic (exact) mass is 336 g/mol. The van der Waals surface area contributed by atoms with Gasteiger partial charge in [0.25, 0.3) is 5.91 Å². The van der Waals surface area contributed by atoms with E-state index in [4.69, 9.17) is 5.73 Å². The molecule has 0 bridgehead atoms. The number of halogens is 1. The molecule has 3 rings (SSSR count). The molecule has 1 aliphatic carbocycles. The van der Waals surface area contributed by atoms with Gasteiger partial charge in [0.15, 0.2) is 0 Å². The Morgan fingerprint density at radius 2 is 2.05 bits per heavy atom. The Balaban J connectivity index is 0.00000176. The van der Waals surface area contributed by atoms with E-state index in [1.807, 2.05) is 6.92 Å². The van der Waals surface area contributed by atoms with Crippen molar-refractivity contribution in [3.8, 4) is 10.4 Å². The van der Waals surface area contributed by atoms with Crippen molar-refractivity contribution in [3.05, 3.63) is 46.3 Å². The highest BCUT2D eigenvalue weighted by atomic mass is 35.5. The summed E-state index contributed by atoms with van der Waals surface area (Å²) in [6.45, 7) is 3.26. The molecule has 1 aliphatic rings. The molecule has 3 nitrogen and oxygen atoms in total. The molecule has 5 heteroatoms. The number of benzene rings is 1. The average Bonchev–Trinajstić information content (AvgIpc) is 2.96.